The van der Waals surface area contributed by atoms with E-state index in [4.69, 9.17) is 0 Å². The van der Waals surface area contributed by atoms with E-state index < -0.39 is 0 Å². The van der Waals surface area contributed by atoms with E-state index >= 15 is 0 Å². The third-order valence-electron chi connectivity index (χ3n) is 11.6. The molecule has 0 aliphatic carbocycles. The average molecular weight is 794 g/mol. The van der Waals surface area contributed by atoms with Crippen molar-refractivity contribution < 1.29 is 0 Å². The number of pyridine rings is 1. The summed E-state index contributed by atoms with van der Waals surface area (Å²) in [5.41, 5.74) is 16.6. The number of rotatable bonds is 9. The zero-order chi connectivity index (χ0) is 41.2. The summed E-state index contributed by atoms with van der Waals surface area (Å²) in [6.45, 7) is 0. The molecule has 3 aromatic heterocycles. The first-order valence-electron chi connectivity index (χ1n) is 20.8. The number of nitrogens with zero attached hydrogens (tertiary/aromatic N) is 5. The lowest BCUT2D eigenvalue weighted by atomic mass is 9.93. The van der Waals surface area contributed by atoms with Gasteiger partial charge in [0.2, 0.25) is 0 Å². The Hall–Kier alpha value is -8.41. The molecule has 0 fully saturated rings. The topological polar surface area (TPSA) is 46.8 Å². The van der Waals surface area contributed by atoms with E-state index in [2.05, 4.69) is 219 Å². The van der Waals surface area contributed by atoms with Crippen LogP contribution in [0.1, 0.15) is 0 Å². The van der Waals surface area contributed by atoms with Crippen molar-refractivity contribution in [1.29, 1.82) is 0 Å². The van der Waals surface area contributed by atoms with Crippen molar-refractivity contribution in [3.05, 3.63) is 237 Å². The molecule has 0 saturated heterocycles. The number of hydrogen-bond acceptors (Lipinski definition) is 4. The van der Waals surface area contributed by atoms with Crippen LogP contribution in [0.4, 0.5) is 17.1 Å². The number of anilines is 3. The van der Waals surface area contributed by atoms with Crippen LogP contribution in [0.25, 0.3) is 83.5 Å². The summed E-state index contributed by atoms with van der Waals surface area (Å²) in [7, 11) is 0. The van der Waals surface area contributed by atoms with E-state index in [1.807, 2.05) is 30.5 Å². The van der Waals surface area contributed by atoms with Crippen LogP contribution in [0.3, 0.4) is 0 Å². The van der Waals surface area contributed by atoms with Gasteiger partial charge in [-0.25, -0.2) is 9.97 Å². The average Bonchev–Trinajstić information content (AvgIpc) is 3.70. The minimum Gasteiger partial charge on any atom is -0.311 e. The fourth-order valence-electron chi connectivity index (χ4n) is 8.68. The van der Waals surface area contributed by atoms with E-state index in [1.54, 1.807) is 12.4 Å². The Balaban J connectivity index is 1.10. The highest BCUT2D eigenvalue weighted by atomic mass is 15.1. The van der Waals surface area contributed by atoms with Gasteiger partial charge in [0.1, 0.15) is 0 Å². The number of fused-ring (bicyclic) bond motifs is 3. The molecule has 0 unspecified atom stereocenters. The molecule has 0 aliphatic heterocycles. The lowest BCUT2D eigenvalue weighted by Gasteiger charge is -2.26. The van der Waals surface area contributed by atoms with Gasteiger partial charge >= 0.3 is 0 Å². The summed E-state index contributed by atoms with van der Waals surface area (Å²) < 4.78 is 2.46. The van der Waals surface area contributed by atoms with Crippen LogP contribution in [0, 0.1) is 0 Å². The molecular formula is C57H39N5. The second kappa shape index (κ2) is 16.0. The van der Waals surface area contributed by atoms with Gasteiger partial charge < -0.3 is 9.47 Å². The van der Waals surface area contributed by atoms with Gasteiger partial charge in [0.25, 0.3) is 0 Å². The van der Waals surface area contributed by atoms with Crippen molar-refractivity contribution in [3.63, 3.8) is 0 Å². The molecule has 8 aromatic carbocycles. The van der Waals surface area contributed by atoms with Crippen LogP contribution in [0.15, 0.2) is 237 Å². The van der Waals surface area contributed by atoms with Crippen molar-refractivity contribution in [2.24, 2.45) is 0 Å². The second-order valence-electron chi connectivity index (χ2n) is 15.3. The van der Waals surface area contributed by atoms with Gasteiger partial charge in [-0.2, -0.15) is 0 Å². The van der Waals surface area contributed by atoms with Crippen molar-refractivity contribution in [2.45, 2.75) is 0 Å². The monoisotopic (exact) mass is 793 g/mol. The van der Waals surface area contributed by atoms with E-state index in [1.165, 1.54) is 49.7 Å². The Labute approximate surface area is 360 Å². The first kappa shape index (κ1) is 36.7. The van der Waals surface area contributed by atoms with Gasteiger partial charge in [-0.3, -0.25) is 4.98 Å². The SMILES string of the molecule is c1ccc(-c2cc(-c3ccccc3)c3c(c2)c2c(-c4ccccc4)cccc2n3-c2ccc(N(c3ccc(-c4ccccn4)cc3)c3ccc(-c4ncccn4)cc3)cc2)cc1. The maximum atomic E-state index is 4.60. The fraction of sp³-hybridized carbons (Fsp3) is 0. The van der Waals surface area contributed by atoms with Gasteiger partial charge in [0, 0.05) is 68.8 Å². The molecule has 292 valence electrons. The summed E-state index contributed by atoms with van der Waals surface area (Å²) in [4.78, 5) is 15.9. The Kier molecular flexibility index (Phi) is 9.45. The van der Waals surface area contributed by atoms with E-state index in [-0.39, 0.29) is 0 Å². The molecule has 0 bridgehead atoms. The lowest BCUT2D eigenvalue weighted by Crippen LogP contribution is -2.10. The largest absolute Gasteiger partial charge is 0.311 e. The van der Waals surface area contributed by atoms with Crippen molar-refractivity contribution in [3.8, 4) is 61.7 Å². The molecule has 0 spiro atoms. The summed E-state index contributed by atoms with van der Waals surface area (Å²) in [6, 6.07) is 77.6. The Morgan fingerprint density at radius 3 is 1.52 bits per heavy atom. The zero-order valence-corrected chi connectivity index (χ0v) is 33.8. The van der Waals surface area contributed by atoms with E-state index in [0.29, 0.717) is 5.82 Å². The van der Waals surface area contributed by atoms with Crippen molar-refractivity contribution in [1.82, 2.24) is 19.5 Å². The van der Waals surface area contributed by atoms with Crippen LogP contribution in [-0.2, 0) is 0 Å². The van der Waals surface area contributed by atoms with Crippen LogP contribution in [-0.4, -0.2) is 19.5 Å². The Morgan fingerprint density at radius 1 is 0.355 bits per heavy atom. The molecule has 0 aliphatic rings. The molecule has 11 rings (SSSR count). The van der Waals surface area contributed by atoms with Gasteiger partial charge in [0.05, 0.1) is 16.7 Å². The highest BCUT2D eigenvalue weighted by Crippen LogP contribution is 2.45. The quantitative estimate of drug-likeness (QED) is 0.146. The lowest BCUT2D eigenvalue weighted by molar-refractivity contribution is 1.17. The van der Waals surface area contributed by atoms with E-state index in [0.717, 1.165) is 45.1 Å². The Morgan fingerprint density at radius 2 is 0.903 bits per heavy atom. The molecular weight excluding hydrogens is 755 g/mol. The standard InChI is InChI=1S/C57H39N5/c1-4-14-40(15-5-1)45-38-51(42-18-8-3-9-19-42)56-52(39-45)55-50(41-16-6-2-7-17-41)20-12-22-54(55)62(56)49-33-31-48(32-34-49)61(46-27-23-43(24-28-46)53-21-10-11-35-58-53)47-29-25-44(26-30-47)57-59-36-13-37-60-57/h1-39H. The second-order valence-corrected chi connectivity index (χ2v) is 15.3. The maximum absolute atomic E-state index is 4.60. The molecule has 5 nitrogen and oxygen atoms in total. The first-order valence-corrected chi connectivity index (χ1v) is 20.8. The Bertz CT molecular complexity index is 3200. The summed E-state index contributed by atoms with van der Waals surface area (Å²) in [5, 5.41) is 2.44. The highest BCUT2D eigenvalue weighted by molar-refractivity contribution is 6.20. The van der Waals surface area contributed by atoms with Crippen LogP contribution in [0.2, 0.25) is 0 Å². The van der Waals surface area contributed by atoms with Gasteiger partial charge in [-0.05, 0) is 125 Å². The molecule has 0 N–H and O–H groups in total. The molecule has 11 aromatic rings. The maximum Gasteiger partial charge on any atom is 0.159 e. The summed E-state index contributed by atoms with van der Waals surface area (Å²) in [6.07, 6.45) is 5.38. The smallest absolute Gasteiger partial charge is 0.159 e. The predicted molar refractivity (Wildman–Crippen MR) is 256 cm³/mol. The molecule has 0 amide bonds. The number of hydrogen-bond donors (Lipinski definition) is 0. The number of aromatic nitrogens is 4. The third kappa shape index (κ3) is 6.78. The minimum atomic E-state index is 0.696. The molecule has 3 heterocycles. The van der Waals surface area contributed by atoms with Gasteiger partial charge in [0.15, 0.2) is 5.82 Å². The van der Waals surface area contributed by atoms with Gasteiger partial charge in [-0.15, -0.1) is 0 Å². The minimum absolute atomic E-state index is 0.696. The van der Waals surface area contributed by atoms with Crippen molar-refractivity contribution in [2.75, 3.05) is 4.90 Å². The van der Waals surface area contributed by atoms with Crippen LogP contribution < -0.4 is 4.90 Å². The molecule has 62 heavy (non-hydrogen) atoms. The fourth-order valence-corrected chi connectivity index (χ4v) is 8.68. The van der Waals surface area contributed by atoms with Crippen LogP contribution >= 0.6 is 0 Å². The number of benzene rings is 8. The first-order chi connectivity index (χ1) is 30.8. The molecule has 0 saturated carbocycles. The molecule has 0 radical (unpaired) electrons. The molecule has 0 atom stereocenters. The normalized spacial score (nSPS) is 11.2. The van der Waals surface area contributed by atoms with Gasteiger partial charge in [-0.1, -0.05) is 121 Å². The molecule has 5 heteroatoms. The third-order valence-corrected chi connectivity index (χ3v) is 11.6. The highest BCUT2D eigenvalue weighted by Gasteiger charge is 2.22. The summed E-state index contributed by atoms with van der Waals surface area (Å²) >= 11 is 0. The zero-order valence-electron chi connectivity index (χ0n) is 33.8. The van der Waals surface area contributed by atoms with Crippen molar-refractivity contribution >= 4 is 38.9 Å². The van der Waals surface area contributed by atoms with Crippen LogP contribution in [0.5, 0.6) is 0 Å². The predicted octanol–water partition coefficient (Wildman–Crippen LogP) is 14.8. The van der Waals surface area contributed by atoms with E-state index in [9.17, 15) is 0 Å². The summed E-state index contributed by atoms with van der Waals surface area (Å²) in [5.74, 6) is 0.696.